The highest BCUT2D eigenvalue weighted by molar-refractivity contribution is 5.87. The van der Waals surface area contributed by atoms with Gasteiger partial charge in [-0.25, -0.2) is 9.18 Å². The Morgan fingerprint density at radius 3 is 2.55 bits per heavy atom. The van der Waals surface area contributed by atoms with E-state index in [1.165, 1.54) is 12.1 Å². The van der Waals surface area contributed by atoms with Crippen molar-refractivity contribution in [3.05, 3.63) is 29.6 Å². The summed E-state index contributed by atoms with van der Waals surface area (Å²) in [5, 5.41) is 8.75. The number of hydrogen-bond donors (Lipinski definition) is 1. The number of amides is 1. The first-order valence-corrected chi connectivity index (χ1v) is 6.47. The molecule has 1 unspecified atom stereocenters. The van der Waals surface area contributed by atoms with Gasteiger partial charge in [0.25, 0.3) is 5.91 Å². The lowest BCUT2D eigenvalue weighted by molar-refractivity contribution is -0.136. The summed E-state index contributed by atoms with van der Waals surface area (Å²) in [7, 11) is 0. The normalized spacial score (nSPS) is 16.0. The van der Waals surface area contributed by atoms with E-state index in [9.17, 15) is 14.0 Å². The van der Waals surface area contributed by atoms with Crippen molar-refractivity contribution in [2.75, 3.05) is 13.1 Å². The fourth-order valence-corrected chi connectivity index (χ4v) is 2.16. The topological polar surface area (TPSA) is 66.8 Å². The summed E-state index contributed by atoms with van der Waals surface area (Å²) in [5.41, 5.74) is -0.159. The van der Waals surface area contributed by atoms with Gasteiger partial charge < -0.3 is 14.7 Å². The third kappa shape index (κ3) is 3.07. The van der Waals surface area contributed by atoms with E-state index in [1.54, 1.807) is 11.8 Å². The molecule has 1 saturated heterocycles. The van der Waals surface area contributed by atoms with Gasteiger partial charge >= 0.3 is 5.97 Å². The molecule has 1 fully saturated rings. The van der Waals surface area contributed by atoms with Crippen LogP contribution in [0.25, 0.3) is 0 Å². The number of carbonyl (C=O) groups excluding carboxylic acids is 1. The molecule has 1 aromatic rings. The Hall–Kier alpha value is -2.11. The quantitative estimate of drug-likeness (QED) is 0.915. The minimum atomic E-state index is -1.21. The fraction of sp³-hybridized carbons (Fsp3) is 0.429. The average molecular weight is 281 g/mol. The highest BCUT2D eigenvalue weighted by Crippen LogP contribution is 2.21. The molecule has 0 aromatic heterocycles. The lowest BCUT2D eigenvalue weighted by Gasteiger charge is -2.21. The average Bonchev–Trinajstić information content (AvgIpc) is 2.93. The molecule has 0 radical (unpaired) electrons. The second-order valence-corrected chi connectivity index (χ2v) is 4.74. The van der Waals surface area contributed by atoms with Gasteiger partial charge in [-0.3, -0.25) is 4.79 Å². The van der Waals surface area contributed by atoms with Crippen LogP contribution in [0, 0.1) is 5.82 Å². The van der Waals surface area contributed by atoms with Crippen molar-refractivity contribution in [1.82, 2.24) is 4.90 Å². The van der Waals surface area contributed by atoms with Crippen molar-refractivity contribution < 1.29 is 23.8 Å². The van der Waals surface area contributed by atoms with E-state index in [0.717, 1.165) is 18.9 Å². The van der Waals surface area contributed by atoms with Crippen LogP contribution < -0.4 is 4.74 Å². The molecule has 108 valence electrons. The predicted octanol–water partition coefficient (Wildman–Crippen LogP) is 1.91. The van der Waals surface area contributed by atoms with Crippen molar-refractivity contribution in [2.45, 2.75) is 25.9 Å². The summed E-state index contributed by atoms with van der Waals surface area (Å²) >= 11 is 0. The van der Waals surface area contributed by atoms with Crippen LogP contribution in [0.2, 0.25) is 0 Å². The zero-order valence-electron chi connectivity index (χ0n) is 11.1. The van der Waals surface area contributed by atoms with Crippen molar-refractivity contribution in [2.24, 2.45) is 0 Å². The van der Waals surface area contributed by atoms with Crippen LogP contribution in [-0.2, 0) is 4.79 Å². The van der Waals surface area contributed by atoms with Crippen LogP contribution in [0.1, 0.15) is 30.1 Å². The first kappa shape index (κ1) is 14.3. The highest BCUT2D eigenvalue weighted by Gasteiger charge is 2.25. The van der Waals surface area contributed by atoms with Crippen LogP contribution in [0.4, 0.5) is 4.39 Å². The van der Waals surface area contributed by atoms with E-state index in [-0.39, 0.29) is 17.2 Å². The summed E-state index contributed by atoms with van der Waals surface area (Å²) < 4.78 is 19.0. The number of carboxylic acids is 1. The monoisotopic (exact) mass is 281 g/mol. The largest absolute Gasteiger partial charge is 0.478 e. The number of benzene rings is 1. The van der Waals surface area contributed by atoms with Crippen molar-refractivity contribution >= 4 is 11.9 Å². The second-order valence-electron chi connectivity index (χ2n) is 4.74. The Kier molecular flexibility index (Phi) is 4.22. The van der Waals surface area contributed by atoms with Gasteiger partial charge in [0.15, 0.2) is 17.7 Å². The van der Waals surface area contributed by atoms with Crippen LogP contribution in [-0.4, -0.2) is 41.1 Å². The van der Waals surface area contributed by atoms with Crippen LogP contribution in [0.15, 0.2) is 18.2 Å². The molecule has 20 heavy (non-hydrogen) atoms. The maximum atomic E-state index is 13.7. The number of aromatic carboxylic acids is 1. The van der Waals surface area contributed by atoms with Gasteiger partial charge in [-0.1, -0.05) is 0 Å². The summed E-state index contributed by atoms with van der Waals surface area (Å²) in [4.78, 5) is 24.4. The number of likely N-dealkylation sites (tertiary alicyclic amines) is 1. The third-order valence-corrected chi connectivity index (χ3v) is 3.25. The minimum Gasteiger partial charge on any atom is -0.478 e. The zero-order valence-corrected chi connectivity index (χ0v) is 11.1. The number of carbonyl (C=O) groups is 2. The summed E-state index contributed by atoms with van der Waals surface area (Å²) in [6.07, 6.45) is 1.15. The molecule has 0 spiro atoms. The molecule has 1 aliphatic heterocycles. The van der Waals surface area contributed by atoms with E-state index in [4.69, 9.17) is 9.84 Å². The number of nitrogens with zero attached hydrogens (tertiary/aromatic N) is 1. The lowest BCUT2D eigenvalue weighted by Crippen LogP contribution is -2.38. The molecule has 6 heteroatoms. The molecular formula is C14H16FNO4. The predicted molar refractivity (Wildman–Crippen MR) is 69.3 cm³/mol. The van der Waals surface area contributed by atoms with Crippen LogP contribution in [0.5, 0.6) is 5.75 Å². The molecule has 0 saturated carbocycles. The van der Waals surface area contributed by atoms with E-state index in [1.807, 2.05) is 0 Å². The van der Waals surface area contributed by atoms with Gasteiger partial charge in [-0.05, 0) is 38.0 Å². The van der Waals surface area contributed by atoms with E-state index in [2.05, 4.69) is 0 Å². The van der Waals surface area contributed by atoms with Crippen molar-refractivity contribution in [3.8, 4) is 5.75 Å². The zero-order chi connectivity index (χ0) is 14.7. The Labute approximate surface area is 116 Å². The third-order valence-electron chi connectivity index (χ3n) is 3.25. The lowest BCUT2D eigenvalue weighted by atomic mass is 10.2. The van der Waals surface area contributed by atoms with Crippen LogP contribution >= 0.6 is 0 Å². The minimum absolute atomic E-state index is 0.116. The second kappa shape index (κ2) is 5.90. The van der Waals surface area contributed by atoms with E-state index < -0.39 is 17.9 Å². The molecule has 1 N–H and O–H groups in total. The number of rotatable bonds is 4. The SMILES string of the molecule is CC(Oc1ccc(C(=O)O)cc1F)C(=O)N1CCCC1. The summed E-state index contributed by atoms with van der Waals surface area (Å²) in [6, 6.07) is 3.35. The standard InChI is InChI=1S/C14H16FNO4/c1-9(13(17)16-6-2-3-7-16)20-12-5-4-10(14(18)19)8-11(12)15/h4-5,8-9H,2-3,6-7H2,1H3,(H,18,19). The highest BCUT2D eigenvalue weighted by atomic mass is 19.1. The number of carboxylic acid groups (broad SMARTS) is 1. The molecule has 1 heterocycles. The maximum Gasteiger partial charge on any atom is 0.335 e. The Morgan fingerprint density at radius 2 is 2.00 bits per heavy atom. The molecule has 1 atom stereocenters. The van der Waals surface area contributed by atoms with Gasteiger partial charge in [-0.15, -0.1) is 0 Å². The number of halogens is 1. The van der Waals surface area contributed by atoms with Crippen LogP contribution in [0.3, 0.4) is 0 Å². The van der Waals surface area contributed by atoms with Gasteiger partial charge in [0.05, 0.1) is 5.56 Å². The summed E-state index contributed by atoms with van der Waals surface area (Å²) in [5.74, 6) is -2.29. The van der Waals surface area contributed by atoms with Gasteiger partial charge in [0.2, 0.25) is 0 Å². The molecular weight excluding hydrogens is 265 g/mol. The van der Waals surface area contributed by atoms with Crippen molar-refractivity contribution in [1.29, 1.82) is 0 Å². The molecule has 0 bridgehead atoms. The van der Waals surface area contributed by atoms with E-state index >= 15 is 0 Å². The van der Waals surface area contributed by atoms with Gasteiger partial charge in [0, 0.05) is 13.1 Å². The molecule has 1 aliphatic rings. The Bertz CT molecular complexity index is 526. The van der Waals surface area contributed by atoms with Crippen molar-refractivity contribution in [3.63, 3.8) is 0 Å². The smallest absolute Gasteiger partial charge is 0.335 e. The number of hydrogen-bond acceptors (Lipinski definition) is 3. The summed E-state index contributed by atoms with van der Waals surface area (Å²) in [6.45, 7) is 2.96. The first-order valence-electron chi connectivity index (χ1n) is 6.47. The Balaban J connectivity index is 2.05. The molecule has 1 amide bonds. The molecule has 5 nitrogen and oxygen atoms in total. The number of ether oxygens (including phenoxy) is 1. The fourth-order valence-electron chi connectivity index (χ4n) is 2.16. The molecule has 1 aromatic carbocycles. The van der Waals surface area contributed by atoms with Gasteiger partial charge in [0.1, 0.15) is 0 Å². The molecule has 2 rings (SSSR count). The van der Waals surface area contributed by atoms with Gasteiger partial charge in [-0.2, -0.15) is 0 Å². The van der Waals surface area contributed by atoms with E-state index in [0.29, 0.717) is 13.1 Å². The Morgan fingerprint density at radius 1 is 1.35 bits per heavy atom. The first-order chi connectivity index (χ1) is 9.49. The molecule has 0 aliphatic carbocycles. The maximum absolute atomic E-state index is 13.7.